The van der Waals surface area contributed by atoms with Gasteiger partial charge in [-0.25, -0.2) is 4.98 Å². The number of thiophene rings is 1. The van der Waals surface area contributed by atoms with Crippen molar-refractivity contribution in [1.29, 1.82) is 0 Å². The second-order valence-electron chi connectivity index (χ2n) is 5.60. The van der Waals surface area contributed by atoms with Crippen LogP contribution in [0, 0.1) is 0 Å². The van der Waals surface area contributed by atoms with E-state index in [0.29, 0.717) is 0 Å². The van der Waals surface area contributed by atoms with Gasteiger partial charge in [-0.05, 0) is 49.1 Å². The van der Waals surface area contributed by atoms with Crippen LogP contribution in [-0.2, 0) is 13.1 Å². The molecule has 0 unspecified atom stereocenters. The second kappa shape index (κ2) is 7.61. The van der Waals surface area contributed by atoms with Gasteiger partial charge in [-0.2, -0.15) is 0 Å². The summed E-state index contributed by atoms with van der Waals surface area (Å²) in [5.74, 6) is 1.12. The van der Waals surface area contributed by atoms with Gasteiger partial charge in [0.05, 0.1) is 7.11 Å². The maximum Gasteiger partial charge on any atom is 0.173 e. The van der Waals surface area contributed by atoms with Crippen molar-refractivity contribution in [2.75, 3.05) is 25.1 Å². The first-order valence-electron chi connectivity index (χ1n) is 7.88. The zero-order valence-electron chi connectivity index (χ0n) is 13.0. The highest BCUT2D eigenvalue weighted by Crippen LogP contribution is 2.23. The SMILES string of the molecule is COc1ccc(CNCc2ccnc(N3CCCCC3)c2)s1. The van der Waals surface area contributed by atoms with Gasteiger partial charge in [0.2, 0.25) is 0 Å². The molecule has 5 heteroatoms. The summed E-state index contributed by atoms with van der Waals surface area (Å²) in [4.78, 5) is 8.22. The van der Waals surface area contributed by atoms with Crippen molar-refractivity contribution in [3.8, 4) is 5.06 Å². The lowest BCUT2D eigenvalue weighted by Crippen LogP contribution is -2.30. The van der Waals surface area contributed by atoms with Crippen molar-refractivity contribution in [2.45, 2.75) is 32.4 Å². The summed E-state index contributed by atoms with van der Waals surface area (Å²) in [6.07, 6.45) is 5.84. The minimum atomic E-state index is 0.865. The molecule has 0 amide bonds. The minimum absolute atomic E-state index is 0.865. The van der Waals surface area contributed by atoms with E-state index in [-0.39, 0.29) is 0 Å². The van der Waals surface area contributed by atoms with Crippen LogP contribution in [0.3, 0.4) is 0 Å². The molecule has 0 atom stereocenters. The predicted molar refractivity (Wildman–Crippen MR) is 91.7 cm³/mol. The number of hydrogen-bond donors (Lipinski definition) is 1. The first-order chi connectivity index (χ1) is 10.8. The molecule has 0 aromatic carbocycles. The van der Waals surface area contributed by atoms with Gasteiger partial charge in [0.1, 0.15) is 5.82 Å². The van der Waals surface area contributed by atoms with Gasteiger partial charge < -0.3 is 15.0 Å². The van der Waals surface area contributed by atoms with E-state index in [0.717, 1.165) is 37.1 Å². The Morgan fingerprint density at radius 1 is 1.18 bits per heavy atom. The molecule has 118 valence electrons. The van der Waals surface area contributed by atoms with Crippen molar-refractivity contribution in [1.82, 2.24) is 10.3 Å². The lowest BCUT2D eigenvalue weighted by molar-refractivity contribution is 0.427. The van der Waals surface area contributed by atoms with Crippen LogP contribution in [0.2, 0.25) is 0 Å². The van der Waals surface area contributed by atoms with Gasteiger partial charge in [0.15, 0.2) is 5.06 Å². The zero-order chi connectivity index (χ0) is 15.2. The highest BCUT2D eigenvalue weighted by molar-refractivity contribution is 7.13. The number of rotatable bonds is 6. The van der Waals surface area contributed by atoms with Crippen molar-refractivity contribution in [3.05, 3.63) is 40.9 Å². The van der Waals surface area contributed by atoms with Crippen LogP contribution in [-0.4, -0.2) is 25.2 Å². The van der Waals surface area contributed by atoms with Gasteiger partial charge in [0, 0.05) is 37.3 Å². The molecule has 0 spiro atoms. The third-order valence-corrected chi connectivity index (χ3v) is 5.00. The molecule has 1 aliphatic heterocycles. The average Bonchev–Trinajstić information content (AvgIpc) is 3.04. The smallest absolute Gasteiger partial charge is 0.173 e. The summed E-state index contributed by atoms with van der Waals surface area (Å²) >= 11 is 1.69. The summed E-state index contributed by atoms with van der Waals surface area (Å²) < 4.78 is 5.22. The lowest BCUT2D eigenvalue weighted by Gasteiger charge is -2.27. The van der Waals surface area contributed by atoms with Crippen LogP contribution < -0.4 is 15.0 Å². The highest BCUT2D eigenvalue weighted by atomic mass is 32.1. The Morgan fingerprint density at radius 2 is 2.05 bits per heavy atom. The number of pyridine rings is 1. The Kier molecular flexibility index (Phi) is 5.29. The Morgan fingerprint density at radius 3 is 2.82 bits per heavy atom. The van der Waals surface area contributed by atoms with Gasteiger partial charge in [-0.1, -0.05) is 0 Å². The van der Waals surface area contributed by atoms with E-state index in [9.17, 15) is 0 Å². The molecular weight excluding hydrogens is 294 g/mol. The van der Waals surface area contributed by atoms with Gasteiger partial charge >= 0.3 is 0 Å². The van der Waals surface area contributed by atoms with E-state index in [1.165, 1.54) is 29.7 Å². The molecule has 0 radical (unpaired) electrons. The third kappa shape index (κ3) is 3.99. The first kappa shape index (κ1) is 15.3. The first-order valence-corrected chi connectivity index (χ1v) is 8.70. The molecule has 3 heterocycles. The standard InChI is InChI=1S/C17H23N3OS/c1-21-17-6-5-15(22-17)13-18-12-14-7-8-19-16(11-14)20-9-3-2-4-10-20/h5-8,11,18H,2-4,9-10,12-13H2,1H3. The molecule has 1 fully saturated rings. The number of nitrogens with one attached hydrogen (secondary N) is 1. The molecule has 22 heavy (non-hydrogen) atoms. The summed E-state index contributed by atoms with van der Waals surface area (Å²) in [5.41, 5.74) is 1.29. The summed E-state index contributed by atoms with van der Waals surface area (Å²) in [7, 11) is 1.71. The minimum Gasteiger partial charge on any atom is -0.487 e. The summed E-state index contributed by atoms with van der Waals surface area (Å²) in [5, 5.41) is 4.46. The van der Waals surface area contributed by atoms with Crippen LogP contribution in [0.1, 0.15) is 29.7 Å². The molecule has 2 aromatic heterocycles. The average molecular weight is 317 g/mol. The van der Waals surface area contributed by atoms with Gasteiger partial charge in [-0.3, -0.25) is 0 Å². The summed E-state index contributed by atoms with van der Waals surface area (Å²) in [6.45, 7) is 4.01. The number of ether oxygens (including phenoxy) is 1. The molecule has 0 saturated carbocycles. The van der Waals surface area contributed by atoms with Crippen molar-refractivity contribution >= 4 is 17.2 Å². The van der Waals surface area contributed by atoms with Crippen LogP contribution in [0.4, 0.5) is 5.82 Å². The number of piperidine rings is 1. The van der Waals surface area contributed by atoms with E-state index < -0.39 is 0 Å². The van der Waals surface area contributed by atoms with Gasteiger partial charge in [0.25, 0.3) is 0 Å². The van der Waals surface area contributed by atoms with E-state index in [1.54, 1.807) is 18.4 Å². The van der Waals surface area contributed by atoms with Crippen molar-refractivity contribution in [3.63, 3.8) is 0 Å². The maximum atomic E-state index is 5.22. The van der Waals surface area contributed by atoms with Crippen LogP contribution in [0.5, 0.6) is 5.06 Å². The Labute approximate surface area is 136 Å². The molecule has 0 bridgehead atoms. The fourth-order valence-electron chi connectivity index (χ4n) is 2.76. The molecule has 1 N–H and O–H groups in total. The molecule has 1 aliphatic rings. The van der Waals surface area contributed by atoms with E-state index in [1.807, 2.05) is 12.3 Å². The largest absolute Gasteiger partial charge is 0.487 e. The van der Waals surface area contributed by atoms with E-state index in [4.69, 9.17) is 4.74 Å². The summed E-state index contributed by atoms with van der Waals surface area (Å²) in [6, 6.07) is 8.44. The Bertz CT molecular complexity index is 593. The predicted octanol–water partition coefficient (Wildman–Crippen LogP) is 3.43. The number of aromatic nitrogens is 1. The zero-order valence-corrected chi connectivity index (χ0v) is 13.9. The van der Waals surface area contributed by atoms with Crippen molar-refractivity contribution in [2.24, 2.45) is 0 Å². The molecule has 2 aromatic rings. The fourth-order valence-corrected chi connectivity index (χ4v) is 3.55. The third-order valence-electron chi connectivity index (χ3n) is 3.96. The normalized spacial score (nSPS) is 15.0. The molecule has 0 aliphatic carbocycles. The number of methoxy groups -OCH3 is 1. The Hall–Kier alpha value is -1.59. The monoisotopic (exact) mass is 317 g/mol. The van der Waals surface area contributed by atoms with Crippen LogP contribution >= 0.6 is 11.3 Å². The number of anilines is 1. The Balaban J connectivity index is 1.53. The molecular formula is C17H23N3OS. The van der Waals surface area contributed by atoms with E-state index >= 15 is 0 Å². The molecule has 3 rings (SSSR count). The quantitative estimate of drug-likeness (QED) is 0.886. The lowest BCUT2D eigenvalue weighted by atomic mass is 10.1. The molecule has 4 nitrogen and oxygen atoms in total. The molecule has 1 saturated heterocycles. The number of hydrogen-bond acceptors (Lipinski definition) is 5. The van der Waals surface area contributed by atoms with Crippen LogP contribution in [0.25, 0.3) is 0 Å². The van der Waals surface area contributed by atoms with Crippen LogP contribution in [0.15, 0.2) is 30.5 Å². The van der Waals surface area contributed by atoms with Crippen molar-refractivity contribution < 1.29 is 4.74 Å². The maximum absolute atomic E-state index is 5.22. The van der Waals surface area contributed by atoms with E-state index in [2.05, 4.69) is 33.4 Å². The van der Waals surface area contributed by atoms with Gasteiger partial charge in [-0.15, -0.1) is 11.3 Å². The topological polar surface area (TPSA) is 37.4 Å². The number of nitrogens with zero attached hydrogens (tertiary/aromatic N) is 2. The highest BCUT2D eigenvalue weighted by Gasteiger charge is 2.12. The second-order valence-corrected chi connectivity index (χ2v) is 6.73. The fraction of sp³-hybridized carbons (Fsp3) is 0.471.